The quantitative estimate of drug-likeness (QED) is 0.812. The summed E-state index contributed by atoms with van der Waals surface area (Å²) in [6, 6.07) is 7.02. The van der Waals surface area contributed by atoms with E-state index >= 15 is 0 Å². The van der Waals surface area contributed by atoms with Crippen LogP contribution in [-0.4, -0.2) is 26.4 Å². The van der Waals surface area contributed by atoms with E-state index in [0.717, 1.165) is 5.56 Å². The molecule has 94 valence electrons. The lowest BCUT2D eigenvalue weighted by Crippen LogP contribution is -2.28. The van der Waals surface area contributed by atoms with Crippen LogP contribution < -0.4 is 0 Å². The van der Waals surface area contributed by atoms with Crippen LogP contribution in [0.25, 0.3) is 0 Å². The number of hydrogen-bond acceptors (Lipinski definition) is 3. The van der Waals surface area contributed by atoms with E-state index in [0.29, 0.717) is 11.5 Å². The second kappa shape index (κ2) is 4.42. The molecule has 1 heterocycles. The first-order valence-corrected chi connectivity index (χ1v) is 7.39. The topological polar surface area (TPSA) is 43.4 Å². The van der Waals surface area contributed by atoms with E-state index in [4.69, 9.17) is 4.74 Å². The van der Waals surface area contributed by atoms with Gasteiger partial charge < -0.3 is 4.74 Å². The summed E-state index contributed by atoms with van der Waals surface area (Å²) in [5.74, 6) is 0.0429. The van der Waals surface area contributed by atoms with Crippen molar-refractivity contribution in [3.63, 3.8) is 0 Å². The van der Waals surface area contributed by atoms with Crippen LogP contribution >= 0.6 is 0 Å². The second-order valence-electron chi connectivity index (χ2n) is 4.79. The molecule has 0 saturated carbocycles. The number of benzene rings is 1. The van der Waals surface area contributed by atoms with Crippen molar-refractivity contribution in [3.05, 3.63) is 29.8 Å². The molecule has 0 aromatic heterocycles. The molecule has 3 nitrogen and oxygen atoms in total. The molecule has 17 heavy (non-hydrogen) atoms. The van der Waals surface area contributed by atoms with Crippen molar-refractivity contribution in [1.29, 1.82) is 0 Å². The van der Waals surface area contributed by atoms with Crippen LogP contribution in [0.4, 0.5) is 0 Å². The maximum absolute atomic E-state index is 12.4. The van der Waals surface area contributed by atoms with E-state index in [9.17, 15) is 8.42 Å². The molecule has 1 aliphatic rings. The fraction of sp³-hybridized carbons (Fsp3) is 0.538. The summed E-state index contributed by atoms with van der Waals surface area (Å²) in [4.78, 5) is 0.401. The Bertz CT molecular complexity index is 490. The first kappa shape index (κ1) is 12.6. The summed E-state index contributed by atoms with van der Waals surface area (Å²) in [5.41, 5.74) is 1.06. The predicted octanol–water partition coefficient (Wildman–Crippen LogP) is 2.19. The van der Waals surface area contributed by atoms with E-state index in [1.807, 2.05) is 32.9 Å². The summed E-state index contributed by atoms with van der Waals surface area (Å²) in [7, 11) is -3.26. The Hall–Kier alpha value is -0.870. The Morgan fingerprint density at radius 2 is 1.76 bits per heavy atom. The fourth-order valence-electron chi connectivity index (χ4n) is 2.13. The van der Waals surface area contributed by atoms with E-state index in [-0.39, 0.29) is 12.0 Å². The molecule has 1 aromatic carbocycles. The van der Waals surface area contributed by atoms with Crippen molar-refractivity contribution in [2.75, 3.05) is 6.61 Å². The minimum atomic E-state index is -3.26. The first-order valence-electron chi connectivity index (χ1n) is 5.85. The van der Waals surface area contributed by atoms with Crippen LogP contribution in [0, 0.1) is 12.8 Å². The highest BCUT2D eigenvalue weighted by Gasteiger charge is 2.40. The molecular weight excluding hydrogens is 236 g/mol. The zero-order valence-electron chi connectivity index (χ0n) is 10.4. The van der Waals surface area contributed by atoms with Gasteiger partial charge in [-0.05, 0) is 26.0 Å². The van der Waals surface area contributed by atoms with E-state index in [1.165, 1.54) is 0 Å². The Morgan fingerprint density at radius 3 is 2.24 bits per heavy atom. The molecule has 0 N–H and O–H groups in total. The van der Waals surface area contributed by atoms with Crippen molar-refractivity contribution < 1.29 is 13.2 Å². The lowest BCUT2D eigenvalue weighted by atomic mass is 10.1. The van der Waals surface area contributed by atoms with Crippen LogP contribution in [0.3, 0.4) is 0 Å². The van der Waals surface area contributed by atoms with Gasteiger partial charge >= 0.3 is 0 Å². The summed E-state index contributed by atoms with van der Waals surface area (Å²) >= 11 is 0. The largest absolute Gasteiger partial charge is 0.377 e. The Kier molecular flexibility index (Phi) is 3.27. The number of aryl methyl sites for hydroxylation is 1. The van der Waals surface area contributed by atoms with Crippen molar-refractivity contribution in [2.45, 2.75) is 37.0 Å². The van der Waals surface area contributed by atoms with E-state index in [1.54, 1.807) is 12.1 Å². The molecule has 3 atom stereocenters. The van der Waals surface area contributed by atoms with Crippen molar-refractivity contribution in [2.24, 2.45) is 5.92 Å². The molecule has 0 aliphatic carbocycles. The van der Waals surface area contributed by atoms with Crippen LogP contribution in [0.1, 0.15) is 19.4 Å². The lowest BCUT2D eigenvalue weighted by Gasteiger charge is -2.16. The number of rotatable bonds is 2. The molecule has 1 aliphatic heterocycles. The monoisotopic (exact) mass is 254 g/mol. The van der Waals surface area contributed by atoms with Gasteiger partial charge in [-0.15, -0.1) is 0 Å². The molecule has 2 rings (SSSR count). The molecule has 0 radical (unpaired) electrons. The average Bonchev–Trinajstić information content (AvgIpc) is 2.61. The Morgan fingerprint density at radius 1 is 1.18 bits per heavy atom. The number of sulfone groups is 1. The van der Waals surface area contributed by atoms with Crippen molar-refractivity contribution in [1.82, 2.24) is 0 Å². The van der Waals surface area contributed by atoms with Gasteiger partial charge in [0.15, 0.2) is 9.84 Å². The van der Waals surface area contributed by atoms with Gasteiger partial charge in [-0.1, -0.05) is 24.6 Å². The Balaban J connectivity index is 2.34. The molecule has 0 amide bonds. The lowest BCUT2D eigenvalue weighted by molar-refractivity contribution is 0.109. The van der Waals surface area contributed by atoms with Crippen LogP contribution in [0.5, 0.6) is 0 Å². The summed E-state index contributed by atoms with van der Waals surface area (Å²) < 4.78 is 30.3. The van der Waals surface area contributed by atoms with Crippen molar-refractivity contribution in [3.8, 4) is 0 Å². The van der Waals surface area contributed by atoms with Gasteiger partial charge in [0.1, 0.15) is 0 Å². The van der Waals surface area contributed by atoms with Crippen LogP contribution in [-0.2, 0) is 14.6 Å². The number of ether oxygens (including phenoxy) is 1. The highest BCUT2D eigenvalue weighted by molar-refractivity contribution is 7.92. The highest BCUT2D eigenvalue weighted by atomic mass is 32.2. The minimum absolute atomic E-state index is 0.0141. The van der Waals surface area contributed by atoms with Crippen LogP contribution in [0.15, 0.2) is 29.2 Å². The molecular formula is C13H18O3S. The average molecular weight is 254 g/mol. The molecule has 1 fully saturated rings. The van der Waals surface area contributed by atoms with E-state index < -0.39 is 15.1 Å². The zero-order valence-corrected chi connectivity index (χ0v) is 11.2. The number of hydrogen-bond donors (Lipinski definition) is 0. The summed E-state index contributed by atoms with van der Waals surface area (Å²) in [6.45, 7) is 6.11. The molecule has 1 saturated heterocycles. The van der Waals surface area contributed by atoms with Gasteiger partial charge in [-0.2, -0.15) is 0 Å². The third kappa shape index (κ3) is 2.24. The van der Waals surface area contributed by atoms with Gasteiger partial charge in [-0.3, -0.25) is 0 Å². The highest BCUT2D eigenvalue weighted by Crippen LogP contribution is 2.30. The maximum Gasteiger partial charge on any atom is 0.183 e. The normalized spacial score (nSPS) is 29.5. The third-order valence-corrected chi connectivity index (χ3v) is 5.89. The molecule has 0 spiro atoms. The predicted molar refractivity (Wildman–Crippen MR) is 66.7 cm³/mol. The smallest absolute Gasteiger partial charge is 0.183 e. The standard InChI is InChI=1S/C13H18O3S/c1-9-4-6-12(7-5-9)17(14,15)13-8-16-11(3)10(13)2/h4-7,10-11,13H,8H2,1-3H3. The molecule has 3 unspecified atom stereocenters. The molecule has 4 heteroatoms. The maximum atomic E-state index is 12.4. The third-order valence-electron chi connectivity index (χ3n) is 3.60. The van der Waals surface area contributed by atoms with Gasteiger partial charge in [0.2, 0.25) is 0 Å². The Labute approximate surface area is 103 Å². The fourth-order valence-corrected chi connectivity index (χ4v) is 4.04. The summed E-state index contributed by atoms with van der Waals surface area (Å²) in [6.07, 6.45) is 0.0141. The van der Waals surface area contributed by atoms with Crippen molar-refractivity contribution >= 4 is 9.84 Å². The van der Waals surface area contributed by atoms with Gasteiger partial charge in [0.25, 0.3) is 0 Å². The first-order chi connectivity index (χ1) is 7.93. The van der Waals surface area contributed by atoms with Gasteiger partial charge in [0.05, 0.1) is 22.9 Å². The molecule has 0 bridgehead atoms. The van der Waals surface area contributed by atoms with E-state index in [2.05, 4.69) is 0 Å². The van der Waals surface area contributed by atoms with Gasteiger partial charge in [-0.25, -0.2) is 8.42 Å². The second-order valence-corrected chi connectivity index (χ2v) is 6.96. The van der Waals surface area contributed by atoms with Crippen LogP contribution in [0.2, 0.25) is 0 Å². The zero-order chi connectivity index (χ0) is 12.6. The SMILES string of the molecule is Cc1ccc(S(=O)(=O)C2COC(C)C2C)cc1. The summed E-state index contributed by atoms with van der Waals surface area (Å²) in [5, 5.41) is -0.416. The van der Waals surface area contributed by atoms with Gasteiger partial charge in [0, 0.05) is 5.92 Å². The molecule has 1 aromatic rings. The minimum Gasteiger partial charge on any atom is -0.377 e.